The van der Waals surface area contributed by atoms with Crippen molar-refractivity contribution < 1.29 is 49.6 Å². The molecule has 1 aromatic rings. The highest BCUT2D eigenvalue weighted by atomic mass is 16.7. The van der Waals surface area contributed by atoms with Gasteiger partial charge in [-0.15, -0.1) is 0 Å². The third-order valence-electron chi connectivity index (χ3n) is 4.93. The summed E-state index contributed by atoms with van der Waals surface area (Å²) >= 11 is 0. The van der Waals surface area contributed by atoms with Crippen molar-refractivity contribution in [3.63, 3.8) is 0 Å². The van der Waals surface area contributed by atoms with Gasteiger partial charge in [-0.3, -0.25) is 0 Å². The fraction of sp³-hybridized carbons (Fsp3) is 0.632. The lowest BCUT2D eigenvalue weighted by Crippen LogP contribution is -2.60. The van der Waals surface area contributed by atoms with Gasteiger partial charge in [-0.1, -0.05) is 19.1 Å². The highest BCUT2D eigenvalue weighted by Gasteiger charge is 2.44. The molecule has 1 aromatic carbocycles. The van der Waals surface area contributed by atoms with Crippen molar-refractivity contribution in [3.05, 3.63) is 29.8 Å². The SMILES string of the molecule is CC[C@](C)(O)[C@@H](O)C(=O)OCc1ccc(O[C@H]2O[C@H](CO)[C@@H](O)[C@H](O)[C@H]2O)cc1. The Hall–Kier alpha value is -1.79. The second-order valence-corrected chi connectivity index (χ2v) is 7.18. The monoisotopic (exact) mass is 416 g/mol. The molecule has 1 aliphatic rings. The Balaban J connectivity index is 1.92. The summed E-state index contributed by atoms with van der Waals surface area (Å²) in [6.07, 6.45) is -8.42. The number of rotatable bonds is 8. The van der Waals surface area contributed by atoms with Gasteiger partial charge in [0.25, 0.3) is 0 Å². The third-order valence-corrected chi connectivity index (χ3v) is 4.93. The number of ether oxygens (including phenoxy) is 3. The van der Waals surface area contributed by atoms with E-state index in [-0.39, 0.29) is 18.8 Å². The van der Waals surface area contributed by atoms with Crippen molar-refractivity contribution in [2.75, 3.05) is 6.61 Å². The fourth-order valence-electron chi connectivity index (χ4n) is 2.64. The predicted molar refractivity (Wildman–Crippen MR) is 97.6 cm³/mol. The molecule has 0 amide bonds. The summed E-state index contributed by atoms with van der Waals surface area (Å²) in [4.78, 5) is 11.8. The van der Waals surface area contributed by atoms with E-state index >= 15 is 0 Å². The van der Waals surface area contributed by atoms with Crippen LogP contribution in [0.5, 0.6) is 5.75 Å². The topological polar surface area (TPSA) is 166 Å². The van der Waals surface area contributed by atoms with Crippen LogP contribution >= 0.6 is 0 Å². The van der Waals surface area contributed by atoms with Crippen LogP contribution in [-0.2, 0) is 20.9 Å². The van der Waals surface area contributed by atoms with Crippen molar-refractivity contribution in [2.45, 2.75) is 69.3 Å². The number of esters is 1. The van der Waals surface area contributed by atoms with Crippen molar-refractivity contribution in [3.8, 4) is 5.75 Å². The van der Waals surface area contributed by atoms with E-state index in [2.05, 4.69) is 0 Å². The second kappa shape index (κ2) is 9.81. The summed E-state index contributed by atoms with van der Waals surface area (Å²) in [5.74, 6) is -0.683. The molecule has 1 saturated heterocycles. The van der Waals surface area contributed by atoms with E-state index in [0.717, 1.165) is 0 Å². The maximum atomic E-state index is 11.8. The van der Waals surface area contributed by atoms with Crippen molar-refractivity contribution in [1.29, 1.82) is 0 Å². The zero-order valence-corrected chi connectivity index (χ0v) is 16.2. The van der Waals surface area contributed by atoms with Crippen LogP contribution < -0.4 is 4.74 Å². The van der Waals surface area contributed by atoms with Gasteiger partial charge in [-0.2, -0.15) is 0 Å². The molecule has 0 bridgehead atoms. The molecule has 1 heterocycles. The second-order valence-electron chi connectivity index (χ2n) is 7.18. The number of carbonyl (C=O) groups excluding carboxylic acids is 1. The van der Waals surface area contributed by atoms with E-state index in [1.807, 2.05) is 0 Å². The Morgan fingerprint density at radius 3 is 2.34 bits per heavy atom. The molecule has 0 radical (unpaired) electrons. The third kappa shape index (κ3) is 5.64. The summed E-state index contributed by atoms with van der Waals surface area (Å²) in [6, 6.07) is 6.14. The minimum atomic E-state index is -1.67. The van der Waals surface area contributed by atoms with E-state index < -0.39 is 55.0 Å². The molecule has 6 N–H and O–H groups in total. The van der Waals surface area contributed by atoms with Crippen LogP contribution in [0, 0.1) is 0 Å². The molecule has 10 heteroatoms. The number of hydrogen-bond donors (Lipinski definition) is 6. The molecule has 0 aliphatic carbocycles. The van der Waals surface area contributed by atoms with Gasteiger partial charge in [0.2, 0.25) is 6.29 Å². The molecule has 0 aromatic heterocycles. The lowest BCUT2D eigenvalue weighted by atomic mass is 9.96. The van der Waals surface area contributed by atoms with Gasteiger partial charge in [0, 0.05) is 0 Å². The molecule has 1 aliphatic heterocycles. The normalized spacial score (nSPS) is 30.3. The maximum Gasteiger partial charge on any atom is 0.338 e. The Labute approximate surface area is 167 Å². The van der Waals surface area contributed by atoms with Gasteiger partial charge in [0.15, 0.2) is 6.10 Å². The van der Waals surface area contributed by atoms with Crippen molar-refractivity contribution in [1.82, 2.24) is 0 Å². The Kier molecular flexibility index (Phi) is 7.94. The summed E-state index contributed by atoms with van der Waals surface area (Å²) in [7, 11) is 0. The smallest absolute Gasteiger partial charge is 0.338 e. The first-order chi connectivity index (χ1) is 13.6. The van der Waals surface area contributed by atoms with E-state index in [4.69, 9.17) is 14.2 Å². The van der Waals surface area contributed by atoms with E-state index in [0.29, 0.717) is 5.56 Å². The first kappa shape index (κ1) is 23.5. The summed E-state index contributed by atoms with van der Waals surface area (Å²) in [5, 5.41) is 58.4. The number of benzene rings is 1. The zero-order chi connectivity index (χ0) is 21.8. The lowest BCUT2D eigenvalue weighted by molar-refractivity contribution is -0.277. The minimum absolute atomic E-state index is 0.143. The molecule has 0 unspecified atom stereocenters. The first-order valence-electron chi connectivity index (χ1n) is 9.24. The van der Waals surface area contributed by atoms with E-state index in [1.165, 1.54) is 19.1 Å². The van der Waals surface area contributed by atoms with Gasteiger partial charge < -0.3 is 44.8 Å². The van der Waals surface area contributed by atoms with Crippen LogP contribution in [0.1, 0.15) is 25.8 Å². The molecule has 164 valence electrons. The molecule has 0 saturated carbocycles. The van der Waals surface area contributed by atoms with Gasteiger partial charge in [-0.05, 0) is 31.0 Å². The Morgan fingerprint density at radius 1 is 1.17 bits per heavy atom. The number of aliphatic hydroxyl groups is 6. The minimum Gasteiger partial charge on any atom is -0.462 e. The van der Waals surface area contributed by atoms with Crippen LogP contribution in [0.15, 0.2) is 24.3 Å². The molecule has 1 fully saturated rings. The van der Waals surface area contributed by atoms with Crippen LogP contribution in [0.25, 0.3) is 0 Å². The molecule has 7 atom stereocenters. The molecular weight excluding hydrogens is 388 g/mol. The molecule has 2 rings (SSSR count). The molecular formula is C19H28O10. The van der Waals surface area contributed by atoms with Gasteiger partial charge in [0.1, 0.15) is 36.8 Å². The van der Waals surface area contributed by atoms with Crippen LogP contribution in [0.2, 0.25) is 0 Å². The van der Waals surface area contributed by atoms with Crippen molar-refractivity contribution in [2.24, 2.45) is 0 Å². The zero-order valence-electron chi connectivity index (χ0n) is 16.2. The summed E-state index contributed by atoms with van der Waals surface area (Å²) < 4.78 is 15.7. The lowest BCUT2D eigenvalue weighted by Gasteiger charge is -2.39. The predicted octanol–water partition coefficient (Wildman–Crippen LogP) is -1.57. The van der Waals surface area contributed by atoms with Crippen LogP contribution in [-0.4, -0.2) is 85.6 Å². The largest absolute Gasteiger partial charge is 0.462 e. The van der Waals surface area contributed by atoms with Gasteiger partial charge >= 0.3 is 5.97 Å². The van der Waals surface area contributed by atoms with Gasteiger partial charge in [0.05, 0.1) is 12.2 Å². The first-order valence-corrected chi connectivity index (χ1v) is 9.24. The standard InChI is InChI=1S/C19H28O10/c1-3-19(2,26)16(24)17(25)27-9-10-4-6-11(7-5-10)28-18-15(23)14(22)13(21)12(8-20)29-18/h4-7,12-16,18,20-24,26H,3,8-9H2,1-2H3/t12-,13-,14+,15-,16+,18+,19+/m1/s1. The Bertz CT molecular complexity index is 659. The summed E-state index contributed by atoms with van der Waals surface area (Å²) in [5.41, 5.74) is -1.01. The molecule has 29 heavy (non-hydrogen) atoms. The quantitative estimate of drug-likeness (QED) is 0.273. The average Bonchev–Trinajstić information content (AvgIpc) is 2.72. The highest BCUT2D eigenvalue weighted by molar-refractivity contribution is 5.75. The summed E-state index contributed by atoms with van der Waals surface area (Å²) in [6.45, 7) is 2.26. The number of hydrogen-bond acceptors (Lipinski definition) is 10. The number of aliphatic hydroxyl groups excluding tert-OH is 5. The van der Waals surface area contributed by atoms with E-state index in [9.17, 15) is 35.4 Å². The Morgan fingerprint density at radius 2 is 1.79 bits per heavy atom. The highest BCUT2D eigenvalue weighted by Crippen LogP contribution is 2.24. The number of carbonyl (C=O) groups is 1. The van der Waals surface area contributed by atoms with E-state index in [1.54, 1.807) is 19.1 Å². The maximum absolute atomic E-state index is 11.8. The molecule has 10 nitrogen and oxygen atoms in total. The molecule has 0 spiro atoms. The van der Waals surface area contributed by atoms with Crippen LogP contribution in [0.3, 0.4) is 0 Å². The fourth-order valence-corrected chi connectivity index (χ4v) is 2.64. The van der Waals surface area contributed by atoms with Crippen molar-refractivity contribution >= 4 is 5.97 Å². The average molecular weight is 416 g/mol. The van der Waals surface area contributed by atoms with Gasteiger partial charge in [-0.25, -0.2) is 4.79 Å². The van der Waals surface area contributed by atoms with Crippen LogP contribution in [0.4, 0.5) is 0 Å².